The molecule has 0 radical (unpaired) electrons. The van der Waals surface area contributed by atoms with Gasteiger partial charge in [0.1, 0.15) is 5.82 Å². The average Bonchev–Trinajstić information content (AvgIpc) is 3.44. The van der Waals surface area contributed by atoms with E-state index in [4.69, 9.17) is 4.99 Å². The Balaban J connectivity index is 1.39. The minimum Gasteiger partial charge on any atom is -0.306 e. The molecule has 3 heterocycles. The number of rotatable bonds is 5. The number of para-hydroxylation sites is 1. The second kappa shape index (κ2) is 8.44. The number of aryl methyl sites for hydroxylation is 1. The molecule has 0 aliphatic carbocycles. The molecule has 1 fully saturated rings. The molecule has 0 unspecified atom stereocenters. The Bertz CT molecular complexity index is 1150. The van der Waals surface area contributed by atoms with Gasteiger partial charge in [0.05, 0.1) is 17.0 Å². The number of carbonyl (C=O) groups is 1. The number of nitrogens with zero attached hydrogens (tertiary/aromatic N) is 3. The fraction of sp³-hybridized carbons (Fsp3) is 0.269. The first kappa shape index (κ1) is 19.6. The van der Waals surface area contributed by atoms with Gasteiger partial charge in [-0.15, -0.1) is 0 Å². The number of fused-ring (bicyclic) bond motifs is 1. The van der Waals surface area contributed by atoms with Crippen LogP contribution >= 0.6 is 0 Å². The Morgan fingerprint density at radius 1 is 1.06 bits per heavy atom. The summed E-state index contributed by atoms with van der Waals surface area (Å²) in [5.41, 5.74) is 7.23. The molecule has 5 nitrogen and oxygen atoms in total. The van der Waals surface area contributed by atoms with Crippen molar-refractivity contribution in [2.24, 2.45) is 4.99 Å². The molecule has 0 atom stereocenters. The van der Waals surface area contributed by atoms with E-state index < -0.39 is 0 Å². The van der Waals surface area contributed by atoms with E-state index >= 15 is 0 Å². The van der Waals surface area contributed by atoms with Crippen LogP contribution in [0.2, 0.25) is 0 Å². The molecule has 0 bridgehead atoms. The summed E-state index contributed by atoms with van der Waals surface area (Å²) >= 11 is 0. The summed E-state index contributed by atoms with van der Waals surface area (Å²) in [5.74, 6) is 0.356. The summed E-state index contributed by atoms with van der Waals surface area (Å²) in [6, 6.07) is 18.0. The summed E-state index contributed by atoms with van der Waals surface area (Å²) in [5, 5.41) is 2.87. The molecule has 3 aromatic rings. The van der Waals surface area contributed by atoms with Crippen LogP contribution in [0.25, 0.3) is 0 Å². The van der Waals surface area contributed by atoms with Crippen molar-refractivity contribution in [1.29, 1.82) is 0 Å². The third kappa shape index (κ3) is 4.14. The van der Waals surface area contributed by atoms with Gasteiger partial charge in [-0.25, -0.2) is 4.98 Å². The van der Waals surface area contributed by atoms with E-state index in [1.165, 1.54) is 37.1 Å². The quantitative estimate of drug-likeness (QED) is 0.650. The first-order valence-corrected chi connectivity index (χ1v) is 10.9. The number of hydrogen-bond acceptors (Lipinski definition) is 4. The molecule has 156 valence electrons. The highest BCUT2D eigenvalue weighted by Gasteiger charge is 2.23. The van der Waals surface area contributed by atoms with Crippen LogP contribution in [-0.2, 0) is 13.0 Å². The van der Waals surface area contributed by atoms with Gasteiger partial charge in [0.15, 0.2) is 0 Å². The van der Waals surface area contributed by atoms with Gasteiger partial charge in [0, 0.05) is 19.2 Å². The molecule has 1 aromatic heterocycles. The lowest BCUT2D eigenvalue weighted by Crippen LogP contribution is -2.18. The molecule has 2 aliphatic heterocycles. The fourth-order valence-corrected chi connectivity index (χ4v) is 4.53. The number of anilines is 1. The van der Waals surface area contributed by atoms with Crippen molar-refractivity contribution in [3.05, 3.63) is 88.6 Å². The number of benzene rings is 2. The zero-order valence-electron chi connectivity index (χ0n) is 17.8. The fourth-order valence-electron chi connectivity index (χ4n) is 4.53. The van der Waals surface area contributed by atoms with E-state index in [9.17, 15) is 4.79 Å². The predicted octanol–water partition coefficient (Wildman–Crippen LogP) is 4.92. The molecule has 1 saturated heterocycles. The summed E-state index contributed by atoms with van der Waals surface area (Å²) in [6.45, 7) is 5.58. The molecule has 31 heavy (non-hydrogen) atoms. The number of likely N-dealkylation sites (tertiary alicyclic amines) is 1. The first-order chi connectivity index (χ1) is 15.2. The Labute approximate surface area is 182 Å². The van der Waals surface area contributed by atoms with Crippen molar-refractivity contribution >= 4 is 23.1 Å². The Kier molecular flexibility index (Phi) is 5.35. The normalized spacial score (nSPS) is 15.6. The minimum absolute atomic E-state index is 0.182. The largest absolute Gasteiger partial charge is 0.306 e. The Hall–Kier alpha value is -3.31. The van der Waals surface area contributed by atoms with Crippen LogP contribution in [0, 0.1) is 6.92 Å². The smallest absolute Gasteiger partial charge is 0.259 e. The molecule has 5 heteroatoms. The van der Waals surface area contributed by atoms with E-state index in [-0.39, 0.29) is 5.91 Å². The van der Waals surface area contributed by atoms with Crippen LogP contribution in [-0.4, -0.2) is 34.6 Å². The van der Waals surface area contributed by atoms with Crippen LogP contribution in [0.5, 0.6) is 0 Å². The third-order valence-corrected chi connectivity index (χ3v) is 6.08. The molecular formula is C26H26N4O. The number of amides is 1. The summed E-state index contributed by atoms with van der Waals surface area (Å²) in [6.07, 6.45) is 5.02. The van der Waals surface area contributed by atoms with E-state index in [1.54, 1.807) is 12.3 Å². The highest BCUT2D eigenvalue weighted by atomic mass is 16.1. The second-order valence-electron chi connectivity index (χ2n) is 8.35. The second-order valence-corrected chi connectivity index (χ2v) is 8.35. The number of nitrogens with one attached hydrogen (secondary N) is 1. The molecule has 2 aliphatic rings. The number of aromatic nitrogens is 1. The van der Waals surface area contributed by atoms with Crippen LogP contribution < -0.4 is 5.32 Å². The van der Waals surface area contributed by atoms with Gasteiger partial charge >= 0.3 is 0 Å². The molecule has 5 rings (SSSR count). The molecule has 1 amide bonds. The monoisotopic (exact) mass is 410 g/mol. The highest BCUT2D eigenvalue weighted by molar-refractivity contribution is 6.13. The maximum Gasteiger partial charge on any atom is 0.259 e. The van der Waals surface area contributed by atoms with Gasteiger partial charge in [-0.1, -0.05) is 36.4 Å². The van der Waals surface area contributed by atoms with Crippen LogP contribution in [0.1, 0.15) is 45.5 Å². The average molecular weight is 411 g/mol. The molecular weight excluding hydrogens is 384 g/mol. The lowest BCUT2D eigenvalue weighted by Gasteiger charge is -2.16. The third-order valence-electron chi connectivity index (χ3n) is 6.08. The number of pyridine rings is 1. The van der Waals surface area contributed by atoms with Gasteiger partial charge in [0.2, 0.25) is 0 Å². The Morgan fingerprint density at radius 2 is 1.94 bits per heavy atom. The predicted molar refractivity (Wildman–Crippen MR) is 124 cm³/mol. The van der Waals surface area contributed by atoms with Crippen molar-refractivity contribution in [3.8, 4) is 0 Å². The SMILES string of the molecule is Cc1cc(CN2CCCC2)ccc1C1=Nc2c(cccc2C(=O)Nc2ccccn2)C1. The van der Waals surface area contributed by atoms with Gasteiger partial charge in [-0.2, -0.15) is 0 Å². The number of carbonyl (C=O) groups excluding carboxylic acids is 1. The van der Waals surface area contributed by atoms with Crippen molar-refractivity contribution in [1.82, 2.24) is 9.88 Å². The molecule has 0 saturated carbocycles. The van der Waals surface area contributed by atoms with E-state index in [2.05, 4.69) is 46.4 Å². The maximum absolute atomic E-state index is 12.9. The number of aliphatic imine (C=N–C) groups is 1. The van der Waals surface area contributed by atoms with Crippen molar-refractivity contribution in [2.75, 3.05) is 18.4 Å². The van der Waals surface area contributed by atoms with Gasteiger partial charge < -0.3 is 5.32 Å². The van der Waals surface area contributed by atoms with E-state index in [0.717, 1.165) is 35.5 Å². The molecule has 0 spiro atoms. The molecule has 1 N–H and O–H groups in total. The summed E-state index contributed by atoms with van der Waals surface area (Å²) in [4.78, 5) is 24.5. The minimum atomic E-state index is -0.182. The zero-order chi connectivity index (χ0) is 21.2. The summed E-state index contributed by atoms with van der Waals surface area (Å²) in [7, 11) is 0. The zero-order valence-corrected chi connectivity index (χ0v) is 17.8. The standard InChI is InChI=1S/C26H26N4O/c1-18-15-19(17-30-13-4-5-14-30)10-11-21(18)23-16-20-7-6-8-22(25(20)28-23)26(31)29-24-9-2-3-12-27-24/h2-3,6-12,15H,4-5,13-14,16-17H2,1H3,(H,27,29,31). The lowest BCUT2D eigenvalue weighted by molar-refractivity contribution is 0.102. The van der Waals surface area contributed by atoms with Crippen LogP contribution in [0.4, 0.5) is 11.5 Å². The topological polar surface area (TPSA) is 57.6 Å². The highest BCUT2D eigenvalue weighted by Crippen LogP contribution is 2.33. The van der Waals surface area contributed by atoms with Crippen molar-refractivity contribution < 1.29 is 4.79 Å². The van der Waals surface area contributed by atoms with Crippen LogP contribution in [0.3, 0.4) is 0 Å². The van der Waals surface area contributed by atoms with Crippen molar-refractivity contribution in [3.63, 3.8) is 0 Å². The number of hydrogen-bond donors (Lipinski definition) is 1. The van der Waals surface area contributed by atoms with Crippen molar-refractivity contribution in [2.45, 2.75) is 32.7 Å². The maximum atomic E-state index is 12.9. The Morgan fingerprint density at radius 3 is 2.71 bits per heavy atom. The van der Waals surface area contributed by atoms with E-state index in [1.807, 2.05) is 24.3 Å². The lowest BCUT2D eigenvalue weighted by atomic mass is 9.97. The molecule has 2 aromatic carbocycles. The van der Waals surface area contributed by atoms with Gasteiger partial charge in [-0.3, -0.25) is 14.7 Å². The van der Waals surface area contributed by atoms with Gasteiger partial charge in [0.25, 0.3) is 5.91 Å². The van der Waals surface area contributed by atoms with Gasteiger partial charge in [-0.05, 0) is 73.3 Å². The van der Waals surface area contributed by atoms with Crippen LogP contribution in [0.15, 0.2) is 65.8 Å². The summed E-state index contributed by atoms with van der Waals surface area (Å²) < 4.78 is 0. The first-order valence-electron chi connectivity index (χ1n) is 10.9. The van der Waals surface area contributed by atoms with E-state index in [0.29, 0.717) is 11.4 Å².